The van der Waals surface area contributed by atoms with Crippen LogP contribution in [0, 0.1) is 6.92 Å². The molecule has 2 heterocycles. The van der Waals surface area contributed by atoms with Gasteiger partial charge in [-0.3, -0.25) is 9.36 Å². The quantitative estimate of drug-likeness (QED) is 0.822. The summed E-state index contributed by atoms with van der Waals surface area (Å²) in [5, 5.41) is 3.85. The van der Waals surface area contributed by atoms with Crippen LogP contribution in [0.1, 0.15) is 37.2 Å². The number of aromatic nitrogens is 4. The zero-order chi connectivity index (χ0) is 14.0. The Morgan fingerprint density at radius 3 is 2.74 bits per heavy atom. The largest absolute Gasteiger partial charge is 0.468 e. The summed E-state index contributed by atoms with van der Waals surface area (Å²) < 4.78 is 11.6. The lowest BCUT2D eigenvalue weighted by molar-refractivity contribution is 0.325. The zero-order valence-electron chi connectivity index (χ0n) is 11.4. The first-order valence-corrected chi connectivity index (χ1v) is 5.96. The topological polar surface area (TPSA) is 83.0 Å². The Labute approximate surface area is 110 Å². The Hall–Kier alpha value is -2.18. The van der Waals surface area contributed by atoms with Crippen molar-refractivity contribution in [2.24, 2.45) is 0 Å². The molecule has 0 bridgehead atoms. The average molecular weight is 264 g/mol. The summed E-state index contributed by atoms with van der Waals surface area (Å²) in [5.74, 6) is 1.14. The van der Waals surface area contributed by atoms with E-state index in [0.717, 1.165) is 0 Å². The van der Waals surface area contributed by atoms with E-state index in [-0.39, 0.29) is 24.0 Å². The van der Waals surface area contributed by atoms with E-state index in [9.17, 15) is 4.79 Å². The molecule has 0 atom stereocenters. The predicted molar refractivity (Wildman–Crippen MR) is 67.3 cm³/mol. The highest BCUT2D eigenvalue weighted by Gasteiger charge is 2.14. The number of nitrogens with zero attached hydrogens (tertiary/aromatic N) is 4. The first-order valence-electron chi connectivity index (χ1n) is 5.96. The molecule has 7 heteroatoms. The minimum Gasteiger partial charge on any atom is -0.468 e. The lowest BCUT2D eigenvalue weighted by Crippen LogP contribution is -2.23. The normalized spacial score (nSPS) is 11.0. The Balaban J connectivity index is 2.34. The van der Waals surface area contributed by atoms with Crippen LogP contribution in [0.4, 0.5) is 0 Å². The Morgan fingerprint density at radius 1 is 1.42 bits per heavy atom. The van der Waals surface area contributed by atoms with Gasteiger partial charge in [0, 0.05) is 17.7 Å². The summed E-state index contributed by atoms with van der Waals surface area (Å²) in [4.78, 5) is 20.3. The molecule has 0 fully saturated rings. The van der Waals surface area contributed by atoms with Crippen LogP contribution in [-0.4, -0.2) is 26.8 Å². The first-order chi connectivity index (χ1) is 9.01. The molecule has 0 aliphatic carbocycles. The molecule has 0 spiro atoms. The van der Waals surface area contributed by atoms with E-state index in [0.29, 0.717) is 17.4 Å². The van der Waals surface area contributed by atoms with Gasteiger partial charge in [0.1, 0.15) is 6.54 Å². The van der Waals surface area contributed by atoms with Crippen LogP contribution in [-0.2, 0) is 6.54 Å². The van der Waals surface area contributed by atoms with E-state index >= 15 is 0 Å². The monoisotopic (exact) mass is 264 g/mol. The second kappa shape index (κ2) is 5.21. The number of hydrogen-bond acceptors (Lipinski definition) is 6. The third-order valence-corrected chi connectivity index (χ3v) is 2.58. The molecular formula is C12H16N4O3. The van der Waals surface area contributed by atoms with E-state index in [4.69, 9.17) is 9.26 Å². The summed E-state index contributed by atoms with van der Waals surface area (Å²) in [7, 11) is 1.46. The van der Waals surface area contributed by atoms with Gasteiger partial charge in [-0.15, -0.1) is 0 Å². The molecule has 0 unspecified atom stereocenters. The van der Waals surface area contributed by atoms with Gasteiger partial charge in [-0.05, 0) is 6.92 Å². The van der Waals surface area contributed by atoms with Gasteiger partial charge in [0.25, 0.3) is 11.6 Å². The molecule has 2 rings (SSSR count). The standard InChI is InChI=1S/C12H16N4O3/c1-7(2)11-14-9(19-15-11)6-16-10(17)5-8(3)13-12(16)18-4/h5,7H,6H2,1-4H3. The highest BCUT2D eigenvalue weighted by Crippen LogP contribution is 2.12. The molecular weight excluding hydrogens is 248 g/mol. The number of rotatable bonds is 4. The highest BCUT2D eigenvalue weighted by atomic mass is 16.5. The summed E-state index contributed by atoms with van der Waals surface area (Å²) in [5.41, 5.74) is 0.389. The van der Waals surface area contributed by atoms with Crippen molar-refractivity contribution in [2.75, 3.05) is 7.11 Å². The van der Waals surface area contributed by atoms with Crippen LogP contribution in [0.2, 0.25) is 0 Å². The SMILES string of the molecule is COc1nc(C)cc(=O)n1Cc1nc(C(C)C)no1. The second-order valence-corrected chi connectivity index (χ2v) is 4.51. The van der Waals surface area contributed by atoms with Crippen molar-refractivity contribution in [3.05, 3.63) is 33.8 Å². The molecule has 0 aromatic carbocycles. The van der Waals surface area contributed by atoms with Crippen LogP contribution in [0.25, 0.3) is 0 Å². The molecule has 0 N–H and O–H groups in total. The average Bonchev–Trinajstić information content (AvgIpc) is 2.81. The number of aryl methyl sites for hydroxylation is 1. The number of methoxy groups -OCH3 is 1. The Kier molecular flexibility index (Phi) is 3.64. The molecule has 2 aromatic rings. The van der Waals surface area contributed by atoms with Gasteiger partial charge in [-0.2, -0.15) is 4.98 Å². The van der Waals surface area contributed by atoms with Crippen molar-refractivity contribution in [1.82, 2.24) is 19.7 Å². The minimum absolute atomic E-state index is 0.148. The number of hydrogen-bond donors (Lipinski definition) is 0. The lowest BCUT2D eigenvalue weighted by Gasteiger charge is -2.08. The predicted octanol–water partition coefficient (Wildman–Crippen LogP) is 1.12. The van der Waals surface area contributed by atoms with Crippen molar-refractivity contribution in [3.63, 3.8) is 0 Å². The molecule has 7 nitrogen and oxygen atoms in total. The van der Waals surface area contributed by atoms with Crippen LogP contribution < -0.4 is 10.3 Å². The van der Waals surface area contributed by atoms with Gasteiger partial charge >= 0.3 is 0 Å². The summed E-state index contributed by atoms with van der Waals surface area (Å²) >= 11 is 0. The summed E-state index contributed by atoms with van der Waals surface area (Å²) in [6, 6.07) is 1.66. The molecule has 19 heavy (non-hydrogen) atoms. The van der Waals surface area contributed by atoms with Crippen molar-refractivity contribution in [1.29, 1.82) is 0 Å². The van der Waals surface area contributed by atoms with Crippen LogP contribution in [0.3, 0.4) is 0 Å². The molecule has 0 radical (unpaired) electrons. The molecule has 0 saturated heterocycles. The third kappa shape index (κ3) is 2.81. The third-order valence-electron chi connectivity index (χ3n) is 2.58. The summed E-state index contributed by atoms with van der Waals surface area (Å²) in [6.45, 7) is 5.82. The first kappa shape index (κ1) is 13.3. The van der Waals surface area contributed by atoms with Crippen LogP contribution in [0.15, 0.2) is 15.4 Å². The maximum Gasteiger partial charge on any atom is 0.299 e. The van der Waals surface area contributed by atoms with Crippen LogP contribution in [0.5, 0.6) is 6.01 Å². The fourth-order valence-corrected chi connectivity index (χ4v) is 1.60. The smallest absolute Gasteiger partial charge is 0.299 e. The van der Waals surface area contributed by atoms with Crippen LogP contribution >= 0.6 is 0 Å². The minimum atomic E-state index is -0.214. The molecule has 102 valence electrons. The van der Waals surface area contributed by atoms with Gasteiger partial charge in [-0.1, -0.05) is 19.0 Å². The molecule has 0 aliphatic rings. The van der Waals surface area contributed by atoms with Gasteiger partial charge in [0.15, 0.2) is 5.82 Å². The van der Waals surface area contributed by atoms with Crippen molar-refractivity contribution >= 4 is 0 Å². The molecule has 2 aromatic heterocycles. The van der Waals surface area contributed by atoms with E-state index in [1.807, 2.05) is 13.8 Å². The maximum atomic E-state index is 11.9. The van der Waals surface area contributed by atoms with E-state index in [1.54, 1.807) is 6.92 Å². The van der Waals surface area contributed by atoms with Crippen molar-refractivity contribution < 1.29 is 9.26 Å². The molecule has 0 saturated carbocycles. The lowest BCUT2D eigenvalue weighted by atomic mass is 10.2. The van der Waals surface area contributed by atoms with Gasteiger partial charge < -0.3 is 9.26 Å². The van der Waals surface area contributed by atoms with Gasteiger partial charge in [0.2, 0.25) is 5.89 Å². The van der Waals surface area contributed by atoms with Crippen molar-refractivity contribution in [3.8, 4) is 6.01 Å². The second-order valence-electron chi connectivity index (χ2n) is 4.51. The van der Waals surface area contributed by atoms with Gasteiger partial charge in [0.05, 0.1) is 7.11 Å². The van der Waals surface area contributed by atoms with E-state index < -0.39 is 0 Å². The summed E-state index contributed by atoms with van der Waals surface area (Å²) in [6.07, 6.45) is 0. The Bertz CT molecular complexity index is 630. The van der Waals surface area contributed by atoms with Crippen molar-refractivity contribution in [2.45, 2.75) is 33.2 Å². The highest BCUT2D eigenvalue weighted by molar-refractivity contribution is 5.08. The van der Waals surface area contributed by atoms with E-state index in [2.05, 4.69) is 15.1 Å². The fraction of sp³-hybridized carbons (Fsp3) is 0.500. The zero-order valence-corrected chi connectivity index (χ0v) is 11.4. The van der Waals surface area contributed by atoms with E-state index in [1.165, 1.54) is 17.7 Å². The molecule has 0 aliphatic heterocycles. The maximum absolute atomic E-state index is 11.9. The molecule has 0 amide bonds. The Morgan fingerprint density at radius 2 is 2.16 bits per heavy atom. The van der Waals surface area contributed by atoms with Gasteiger partial charge in [-0.25, -0.2) is 4.98 Å². The number of ether oxygens (including phenoxy) is 1. The fourth-order valence-electron chi connectivity index (χ4n) is 1.60.